The molecule has 0 aromatic carbocycles. The van der Waals surface area contributed by atoms with Gasteiger partial charge < -0.3 is 0 Å². The highest BCUT2D eigenvalue weighted by Gasteiger charge is 2.02. The van der Waals surface area contributed by atoms with Gasteiger partial charge in [0.1, 0.15) is 0 Å². The average Bonchev–Trinajstić information content (AvgIpc) is 2.17. The summed E-state index contributed by atoms with van der Waals surface area (Å²) >= 11 is 0. The maximum Gasteiger partial charge on any atom is -0.0234 e. The van der Waals surface area contributed by atoms with Crippen LogP contribution in [0.2, 0.25) is 0 Å². The summed E-state index contributed by atoms with van der Waals surface area (Å²) in [4.78, 5) is 0. The van der Waals surface area contributed by atoms with Gasteiger partial charge in [-0.15, -0.1) is 0 Å². The standard InChI is InChI=1S/C13H26/c1-5-8-9-10-11-13(7-3)12(4)6-2/h11-12H,5-10H2,1-4H3/b13-11+. The SMILES string of the molecule is CCCCC/C=C(\CC)C(C)CC. The van der Waals surface area contributed by atoms with Crippen molar-refractivity contribution in [3.8, 4) is 0 Å². The average molecular weight is 182 g/mol. The lowest BCUT2D eigenvalue weighted by atomic mass is 9.95. The number of rotatable bonds is 7. The molecule has 0 heteroatoms. The summed E-state index contributed by atoms with van der Waals surface area (Å²) in [6.45, 7) is 9.16. The molecule has 0 nitrogen and oxygen atoms in total. The van der Waals surface area contributed by atoms with Crippen LogP contribution in [0, 0.1) is 5.92 Å². The third-order valence-corrected chi connectivity index (χ3v) is 2.87. The van der Waals surface area contributed by atoms with E-state index in [0.29, 0.717) is 0 Å². The van der Waals surface area contributed by atoms with Crippen LogP contribution in [-0.2, 0) is 0 Å². The van der Waals surface area contributed by atoms with Crippen LogP contribution < -0.4 is 0 Å². The molecule has 1 atom stereocenters. The summed E-state index contributed by atoms with van der Waals surface area (Å²) in [5.41, 5.74) is 1.67. The zero-order chi connectivity index (χ0) is 10.1. The summed E-state index contributed by atoms with van der Waals surface area (Å²) in [6.07, 6.45) is 10.4. The molecule has 0 spiro atoms. The van der Waals surface area contributed by atoms with E-state index in [1.165, 1.54) is 38.5 Å². The molecule has 0 aliphatic heterocycles. The van der Waals surface area contributed by atoms with E-state index in [4.69, 9.17) is 0 Å². The highest BCUT2D eigenvalue weighted by Crippen LogP contribution is 2.18. The Hall–Kier alpha value is -0.260. The van der Waals surface area contributed by atoms with Crippen molar-refractivity contribution in [3.05, 3.63) is 11.6 Å². The van der Waals surface area contributed by atoms with E-state index < -0.39 is 0 Å². The Labute approximate surface area is 84.4 Å². The largest absolute Gasteiger partial charge is 0.0851 e. The van der Waals surface area contributed by atoms with Crippen molar-refractivity contribution in [2.45, 2.75) is 66.2 Å². The molecule has 0 fully saturated rings. The number of unbranched alkanes of at least 4 members (excludes halogenated alkanes) is 3. The van der Waals surface area contributed by atoms with Crippen molar-refractivity contribution in [3.63, 3.8) is 0 Å². The van der Waals surface area contributed by atoms with Crippen molar-refractivity contribution in [1.82, 2.24) is 0 Å². The molecule has 0 rings (SSSR count). The second-order valence-corrected chi connectivity index (χ2v) is 3.94. The van der Waals surface area contributed by atoms with Gasteiger partial charge in [0.15, 0.2) is 0 Å². The first-order valence-corrected chi connectivity index (χ1v) is 5.95. The van der Waals surface area contributed by atoms with Gasteiger partial charge in [-0.05, 0) is 31.6 Å². The summed E-state index contributed by atoms with van der Waals surface area (Å²) in [5, 5.41) is 0. The second kappa shape index (κ2) is 8.34. The van der Waals surface area contributed by atoms with Crippen LogP contribution in [0.25, 0.3) is 0 Å². The number of hydrogen-bond acceptors (Lipinski definition) is 0. The molecule has 0 aliphatic carbocycles. The maximum absolute atomic E-state index is 2.48. The zero-order valence-corrected chi connectivity index (χ0v) is 9.90. The third-order valence-electron chi connectivity index (χ3n) is 2.87. The van der Waals surface area contributed by atoms with Crippen LogP contribution in [0.15, 0.2) is 11.6 Å². The van der Waals surface area contributed by atoms with Crippen molar-refractivity contribution < 1.29 is 0 Å². The van der Waals surface area contributed by atoms with Gasteiger partial charge in [-0.25, -0.2) is 0 Å². The zero-order valence-electron chi connectivity index (χ0n) is 9.90. The summed E-state index contributed by atoms with van der Waals surface area (Å²) in [5.74, 6) is 0.798. The minimum atomic E-state index is 0.798. The van der Waals surface area contributed by atoms with E-state index in [1.54, 1.807) is 5.57 Å². The first-order valence-electron chi connectivity index (χ1n) is 5.95. The van der Waals surface area contributed by atoms with Crippen LogP contribution in [0.1, 0.15) is 66.2 Å². The van der Waals surface area contributed by atoms with Crippen LogP contribution >= 0.6 is 0 Å². The Kier molecular flexibility index (Phi) is 8.18. The van der Waals surface area contributed by atoms with Gasteiger partial charge in [-0.3, -0.25) is 0 Å². The van der Waals surface area contributed by atoms with Gasteiger partial charge in [0.25, 0.3) is 0 Å². The van der Waals surface area contributed by atoms with Gasteiger partial charge in [0, 0.05) is 0 Å². The van der Waals surface area contributed by atoms with Crippen LogP contribution in [0.4, 0.5) is 0 Å². The molecule has 0 bridgehead atoms. The van der Waals surface area contributed by atoms with E-state index in [0.717, 1.165) is 5.92 Å². The molecule has 0 radical (unpaired) electrons. The Morgan fingerprint density at radius 1 is 1.15 bits per heavy atom. The van der Waals surface area contributed by atoms with Crippen molar-refractivity contribution in [2.24, 2.45) is 5.92 Å². The quantitative estimate of drug-likeness (QED) is 0.386. The molecule has 0 saturated heterocycles. The van der Waals surface area contributed by atoms with Crippen molar-refractivity contribution >= 4 is 0 Å². The monoisotopic (exact) mass is 182 g/mol. The predicted molar refractivity (Wildman–Crippen MR) is 62.0 cm³/mol. The molecule has 0 aliphatic rings. The van der Waals surface area contributed by atoms with E-state index in [-0.39, 0.29) is 0 Å². The summed E-state index contributed by atoms with van der Waals surface area (Å²) in [6, 6.07) is 0. The fourth-order valence-electron chi connectivity index (χ4n) is 1.64. The van der Waals surface area contributed by atoms with E-state index in [9.17, 15) is 0 Å². The minimum Gasteiger partial charge on any atom is -0.0851 e. The molecule has 0 heterocycles. The highest BCUT2D eigenvalue weighted by molar-refractivity contribution is 5.04. The Balaban J connectivity index is 3.78. The second-order valence-electron chi connectivity index (χ2n) is 3.94. The van der Waals surface area contributed by atoms with Crippen LogP contribution in [-0.4, -0.2) is 0 Å². The Morgan fingerprint density at radius 3 is 2.31 bits per heavy atom. The first-order chi connectivity index (χ1) is 6.26. The van der Waals surface area contributed by atoms with Gasteiger partial charge in [-0.1, -0.05) is 52.2 Å². The van der Waals surface area contributed by atoms with Gasteiger partial charge >= 0.3 is 0 Å². The summed E-state index contributed by atoms with van der Waals surface area (Å²) in [7, 11) is 0. The molecule has 0 aromatic heterocycles. The molecule has 13 heavy (non-hydrogen) atoms. The normalized spacial score (nSPS) is 14.6. The lowest BCUT2D eigenvalue weighted by molar-refractivity contribution is 0.624. The summed E-state index contributed by atoms with van der Waals surface area (Å²) < 4.78 is 0. The van der Waals surface area contributed by atoms with E-state index in [1.807, 2.05) is 0 Å². The molecular weight excluding hydrogens is 156 g/mol. The van der Waals surface area contributed by atoms with Crippen LogP contribution in [0.5, 0.6) is 0 Å². The van der Waals surface area contributed by atoms with E-state index >= 15 is 0 Å². The molecule has 0 saturated carbocycles. The highest BCUT2D eigenvalue weighted by atomic mass is 14.1. The van der Waals surface area contributed by atoms with Gasteiger partial charge in [0.05, 0.1) is 0 Å². The Bertz CT molecular complexity index is 133. The van der Waals surface area contributed by atoms with Crippen molar-refractivity contribution in [2.75, 3.05) is 0 Å². The minimum absolute atomic E-state index is 0.798. The lowest BCUT2D eigenvalue weighted by Crippen LogP contribution is -1.96. The van der Waals surface area contributed by atoms with Gasteiger partial charge in [-0.2, -0.15) is 0 Å². The van der Waals surface area contributed by atoms with Crippen molar-refractivity contribution in [1.29, 1.82) is 0 Å². The fourth-order valence-corrected chi connectivity index (χ4v) is 1.64. The molecule has 0 amide bonds. The topological polar surface area (TPSA) is 0 Å². The smallest absolute Gasteiger partial charge is 0.0234 e. The maximum atomic E-state index is 2.48. The number of hydrogen-bond donors (Lipinski definition) is 0. The molecule has 0 N–H and O–H groups in total. The van der Waals surface area contributed by atoms with Crippen LogP contribution in [0.3, 0.4) is 0 Å². The lowest BCUT2D eigenvalue weighted by Gasteiger charge is -2.11. The fraction of sp³-hybridized carbons (Fsp3) is 0.846. The van der Waals surface area contributed by atoms with Gasteiger partial charge in [0.2, 0.25) is 0 Å². The first kappa shape index (κ1) is 12.7. The predicted octanol–water partition coefficient (Wildman–Crippen LogP) is 4.95. The van der Waals surface area contributed by atoms with E-state index in [2.05, 4.69) is 33.8 Å². The molecular formula is C13H26. The molecule has 1 unspecified atom stereocenters. The molecule has 78 valence electrons. The third kappa shape index (κ3) is 5.90. The Morgan fingerprint density at radius 2 is 1.85 bits per heavy atom. The number of allylic oxidation sites excluding steroid dienone is 2. The molecule has 0 aromatic rings.